The second-order valence-corrected chi connectivity index (χ2v) is 10.4. The summed E-state index contributed by atoms with van der Waals surface area (Å²) in [5, 5.41) is 5.00. The molecule has 36 heavy (non-hydrogen) atoms. The van der Waals surface area contributed by atoms with E-state index in [4.69, 9.17) is 32.4 Å². The molecule has 3 aromatic rings. The number of ether oxygens (including phenoxy) is 1. The number of amides is 1. The van der Waals surface area contributed by atoms with Crippen LogP contribution in [0, 0.1) is 0 Å². The lowest BCUT2D eigenvalue weighted by molar-refractivity contribution is -0.123. The van der Waals surface area contributed by atoms with Gasteiger partial charge in [0.15, 0.2) is 0 Å². The quantitative estimate of drug-likeness (QED) is 0.303. The molecule has 2 heterocycles. The fourth-order valence-corrected chi connectivity index (χ4v) is 4.97. The Morgan fingerprint density at radius 3 is 2.58 bits per heavy atom. The second-order valence-electron chi connectivity index (χ2n) is 9.66. The maximum absolute atomic E-state index is 11.9. The minimum atomic E-state index is 0.121. The maximum atomic E-state index is 11.9. The summed E-state index contributed by atoms with van der Waals surface area (Å²) in [6.45, 7) is 10.2. The number of rotatable bonds is 11. The van der Waals surface area contributed by atoms with Gasteiger partial charge in [-0.1, -0.05) is 35.3 Å². The van der Waals surface area contributed by atoms with E-state index in [0.717, 1.165) is 79.8 Å². The highest BCUT2D eigenvalue weighted by molar-refractivity contribution is 6.43. The first-order valence-electron chi connectivity index (χ1n) is 12.7. The van der Waals surface area contributed by atoms with Crippen molar-refractivity contribution in [2.24, 2.45) is 0 Å². The highest BCUT2D eigenvalue weighted by Crippen LogP contribution is 2.39. The summed E-state index contributed by atoms with van der Waals surface area (Å²) in [7, 11) is 0. The zero-order valence-corrected chi connectivity index (χ0v) is 22.6. The molecule has 0 saturated carbocycles. The average Bonchev–Trinajstić information content (AvgIpc) is 3.26. The zero-order valence-electron chi connectivity index (χ0n) is 21.1. The number of nitrogens with zero attached hydrogens (tertiary/aromatic N) is 2. The van der Waals surface area contributed by atoms with Gasteiger partial charge < -0.3 is 19.4 Å². The van der Waals surface area contributed by atoms with Crippen molar-refractivity contribution in [3.8, 4) is 16.9 Å². The maximum Gasteiger partial charge on any atom is 0.234 e. The number of unbranched alkanes of at least 4 members (excludes halogenated alkanes) is 2. The van der Waals surface area contributed by atoms with E-state index in [1.54, 1.807) is 12.3 Å². The molecule has 0 bridgehead atoms. The highest BCUT2D eigenvalue weighted by atomic mass is 35.5. The first kappa shape index (κ1) is 26.8. The molecule has 0 aliphatic carbocycles. The van der Waals surface area contributed by atoms with Crippen LogP contribution in [0.3, 0.4) is 0 Å². The Morgan fingerprint density at radius 1 is 1.03 bits per heavy atom. The van der Waals surface area contributed by atoms with Gasteiger partial charge in [0, 0.05) is 54.8 Å². The summed E-state index contributed by atoms with van der Waals surface area (Å²) in [4.78, 5) is 16.7. The molecule has 0 radical (unpaired) electrons. The Morgan fingerprint density at radius 2 is 1.81 bits per heavy atom. The van der Waals surface area contributed by atoms with Crippen molar-refractivity contribution in [3.63, 3.8) is 0 Å². The topological polar surface area (TPSA) is 58.0 Å². The van der Waals surface area contributed by atoms with E-state index in [9.17, 15) is 4.79 Å². The average molecular weight is 533 g/mol. The van der Waals surface area contributed by atoms with Crippen molar-refractivity contribution in [1.82, 2.24) is 15.1 Å². The minimum Gasteiger partial charge on any atom is -0.493 e. The predicted molar refractivity (Wildman–Crippen MR) is 147 cm³/mol. The normalized spacial score (nSPS) is 15.0. The Hall–Kier alpha value is -2.25. The van der Waals surface area contributed by atoms with Crippen LogP contribution in [0.1, 0.15) is 33.1 Å². The summed E-state index contributed by atoms with van der Waals surface area (Å²) < 4.78 is 11.8. The van der Waals surface area contributed by atoms with Gasteiger partial charge in [-0.15, -0.1) is 0 Å². The van der Waals surface area contributed by atoms with E-state index >= 15 is 0 Å². The van der Waals surface area contributed by atoms with Crippen molar-refractivity contribution in [2.75, 3.05) is 45.9 Å². The number of nitrogens with one attached hydrogen (secondary N) is 1. The summed E-state index contributed by atoms with van der Waals surface area (Å²) in [5.74, 6) is 0.925. The molecular formula is C28H35Cl2N3O3. The number of hydrogen-bond acceptors (Lipinski definition) is 5. The largest absolute Gasteiger partial charge is 0.493 e. The molecule has 1 aliphatic heterocycles. The van der Waals surface area contributed by atoms with Crippen LogP contribution in [0.15, 0.2) is 47.1 Å². The molecule has 1 aromatic heterocycles. The zero-order chi connectivity index (χ0) is 25.5. The van der Waals surface area contributed by atoms with E-state index < -0.39 is 0 Å². The van der Waals surface area contributed by atoms with Crippen LogP contribution in [-0.4, -0.2) is 67.6 Å². The fourth-order valence-electron chi connectivity index (χ4n) is 4.56. The first-order chi connectivity index (χ1) is 17.4. The van der Waals surface area contributed by atoms with Crippen LogP contribution in [0.5, 0.6) is 5.75 Å². The number of benzene rings is 2. The summed E-state index contributed by atoms with van der Waals surface area (Å²) in [5.41, 5.74) is 2.54. The molecule has 0 atom stereocenters. The van der Waals surface area contributed by atoms with Gasteiger partial charge in [0.2, 0.25) is 5.91 Å². The summed E-state index contributed by atoms with van der Waals surface area (Å²) in [6, 6.07) is 11.7. The van der Waals surface area contributed by atoms with Gasteiger partial charge in [-0.05, 0) is 57.9 Å². The molecule has 6 nitrogen and oxygen atoms in total. The third kappa shape index (κ3) is 7.16. The molecule has 194 valence electrons. The molecule has 0 spiro atoms. The molecule has 1 N–H and O–H groups in total. The Kier molecular flexibility index (Phi) is 9.54. The monoisotopic (exact) mass is 531 g/mol. The molecular weight excluding hydrogens is 497 g/mol. The molecule has 1 aliphatic rings. The van der Waals surface area contributed by atoms with Crippen molar-refractivity contribution in [3.05, 3.63) is 52.7 Å². The highest BCUT2D eigenvalue weighted by Gasteiger charge is 2.19. The van der Waals surface area contributed by atoms with Crippen molar-refractivity contribution in [2.45, 2.75) is 39.2 Å². The van der Waals surface area contributed by atoms with E-state index in [1.807, 2.05) is 44.2 Å². The van der Waals surface area contributed by atoms with Gasteiger partial charge in [-0.3, -0.25) is 9.69 Å². The number of carbonyl (C=O) groups is 1. The van der Waals surface area contributed by atoms with Gasteiger partial charge in [-0.25, -0.2) is 0 Å². The molecule has 1 amide bonds. The lowest BCUT2D eigenvalue weighted by atomic mass is 10.0. The Labute approximate surface area is 223 Å². The third-order valence-corrected chi connectivity index (χ3v) is 7.28. The summed E-state index contributed by atoms with van der Waals surface area (Å²) in [6.07, 6.45) is 5.00. The van der Waals surface area contributed by atoms with Crippen LogP contribution >= 0.6 is 23.2 Å². The molecule has 1 fully saturated rings. The van der Waals surface area contributed by atoms with E-state index in [0.29, 0.717) is 23.2 Å². The second kappa shape index (κ2) is 12.8. The number of piperazine rings is 1. The molecule has 1 saturated heterocycles. The van der Waals surface area contributed by atoms with Crippen molar-refractivity contribution >= 4 is 40.1 Å². The molecule has 4 rings (SSSR count). The van der Waals surface area contributed by atoms with E-state index in [1.165, 1.54) is 0 Å². The number of carbonyl (C=O) groups excluding carboxylic acids is 1. The number of hydrogen-bond donors (Lipinski definition) is 1. The van der Waals surface area contributed by atoms with Gasteiger partial charge in [-0.2, -0.15) is 0 Å². The number of halogens is 2. The summed E-state index contributed by atoms with van der Waals surface area (Å²) >= 11 is 12.6. The Bertz CT molecular complexity index is 1160. The molecule has 0 unspecified atom stereocenters. The van der Waals surface area contributed by atoms with Crippen molar-refractivity contribution in [1.29, 1.82) is 0 Å². The van der Waals surface area contributed by atoms with Crippen LogP contribution in [-0.2, 0) is 4.79 Å². The lowest BCUT2D eigenvalue weighted by Gasteiger charge is -2.34. The third-order valence-electron chi connectivity index (χ3n) is 6.46. The smallest absolute Gasteiger partial charge is 0.234 e. The standard InChI is InChI=1S/C28H35Cl2N3O3/c1-20(2)31-27(34)18-33-14-12-32(13-15-33)11-4-3-5-16-35-21-9-10-22-24(19-36-26(22)17-21)23-7-6-8-25(29)28(23)30/h6-10,17,19-20H,3-5,11-16,18H2,1-2H3,(H,31,34). The predicted octanol–water partition coefficient (Wildman–Crippen LogP) is 6.10. The SMILES string of the molecule is CC(C)NC(=O)CN1CCN(CCCCCOc2ccc3c(-c4cccc(Cl)c4Cl)coc3c2)CC1. The van der Waals surface area contributed by atoms with Gasteiger partial charge >= 0.3 is 0 Å². The van der Waals surface area contributed by atoms with E-state index in [2.05, 4.69) is 15.1 Å². The van der Waals surface area contributed by atoms with Crippen LogP contribution in [0.25, 0.3) is 22.1 Å². The van der Waals surface area contributed by atoms with Gasteiger partial charge in [0.05, 0.1) is 29.5 Å². The van der Waals surface area contributed by atoms with E-state index in [-0.39, 0.29) is 11.9 Å². The fraction of sp³-hybridized carbons (Fsp3) is 0.464. The Balaban J connectivity index is 1.15. The van der Waals surface area contributed by atoms with Crippen LogP contribution < -0.4 is 10.1 Å². The number of furan rings is 1. The first-order valence-corrected chi connectivity index (χ1v) is 13.5. The van der Waals surface area contributed by atoms with Crippen LogP contribution in [0.4, 0.5) is 0 Å². The number of fused-ring (bicyclic) bond motifs is 1. The van der Waals surface area contributed by atoms with Crippen molar-refractivity contribution < 1.29 is 13.9 Å². The minimum absolute atomic E-state index is 0.121. The lowest BCUT2D eigenvalue weighted by Crippen LogP contribution is -2.50. The van der Waals surface area contributed by atoms with Gasteiger partial charge in [0.25, 0.3) is 0 Å². The van der Waals surface area contributed by atoms with Crippen LogP contribution in [0.2, 0.25) is 10.0 Å². The van der Waals surface area contributed by atoms with Gasteiger partial charge in [0.1, 0.15) is 11.3 Å². The molecule has 8 heteroatoms. The molecule has 2 aromatic carbocycles.